The number of benzene rings is 1. The summed E-state index contributed by atoms with van der Waals surface area (Å²) in [5.74, 6) is 0.00721. The Hall–Kier alpha value is -3.15. The van der Waals surface area contributed by atoms with Crippen LogP contribution in [-0.4, -0.2) is 33.0 Å². The van der Waals surface area contributed by atoms with Crippen molar-refractivity contribution < 1.29 is 10.3 Å². The Kier molecular flexibility index (Phi) is 5.41. The maximum absolute atomic E-state index is 9.61. The summed E-state index contributed by atoms with van der Waals surface area (Å²) in [4.78, 5) is 8.63. The zero-order chi connectivity index (χ0) is 17.5. The first-order chi connectivity index (χ1) is 12.3. The number of nitrogens with one attached hydrogen (secondary N) is 1. The number of aromatic nitrogens is 2. The van der Waals surface area contributed by atoms with E-state index in [0.29, 0.717) is 0 Å². The maximum Gasteiger partial charge on any atom is 0.142 e. The van der Waals surface area contributed by atoms with Crippen LogP contribution >= 0.6 is 0 Å². The van der Waals surface area contributed by atoms with Crippen molar-refractivity contribution in [2.24, 2.45) is 5.16 Å². The van der Waals surface area contributed by atoms with Gasteiger partial charge >= 0.3 is 0 Å². The van der Waals surface area contributed by atoms with Gasteiger partial charge in [-0.3, -0.25) is 4.98 Å². The van der Waals surface area contributed by atoms with Crippen molar-refractivity contribution >= 4 is 22.8 Å². The lowest BCUT2D eigenvalue weighted by Crippen LogP contribution is -2.03. The number of hydrogen-bond acceptors (Lipinski definition) is 6. The van der Waals surface area contributed by atoms with Gasteiger partial charge in [-0.15, -0.1) is 0 Å². The fraction of sp³-hybridized carbons (Fsp3) is 0.211. The van der Waals surface area contributed by atoms with Gasteiger partial charge in [-0.05, 0) is 43.5 Å². The Morgan fingerprint density at radius 2 is 1.96 bits per heavy atom. The quantitative estimate of drug-likeness (QED) is 0.265. The third-order valence-corrected chi connectivity index (χ3v) is 3.96. The number of rotatable bonds is 7. The number of fused-ring (bicyclic) bond motifs is 1. The number of nitrogens with zero attached hydrogens (tertiary/aromatic N) is 3. The number of unbranched alkanes of at least 4 members (excludes halogenated alkanes) is 1. The van der Waals surface area contributed by atoms with Gasteiger partial charge in [0.05, 0.1) is 11.7 Å². The first-order valence-electron chi connectivity index (χ1n) is 8.22. The molecule has 6 heteroatoms. The van der Waals surface area contributed by atoms with E-state index in [2.05, 4.69) is 26.5 Å². The van der Waals surface area contributed by atoms with Crippen molar-refractivity contribution in [3.05, 3.63) is 60.0 Å². The van der Waals surface area contributed by atoms with Crippen LogP contribution in [0.3, 0.4) is 0 Å². The summed E-state index contributed by atoms with van der Waals surface area (Å²) in [6.07, 6.45) is 5.70. The minimum atomic E-state index is 0.00721. The van der Waals surface area contributed by atoms with E-state index in [0.717, 1.165) is 54.3 Å². The third-order valence-electron chi connectivity index (χ3n) is 3.96. The van der Waals surface area contributed by atoms with Crippen LogP contribution in [0, 0.1) is 0 Å². The Morgan fingerprint density at radius 1 is 1.08 bits per heavy atom. The van der Waals surface area contributed by atoms with Gasteiger partial charge in [0, 0.05) is 29.5 Å². The lowest BCUT2D eigenvalue weighted by molar-refractivity contribution is 0.321. The van der Waals surface area contributed by atoms with Gasteiger partial charge < -0.3 is 15.6 Å². The molecule has 3 rings (SSSR count). The Balaban J connectivity index is 1.51. The van der Waals surface area contributed by atoms with Crippen LogP contribution in [-0.2, 0) is 6.42 Å². The number of para-hydroxylation sites is 1. The minimum Gasteiger partial charge on any atom is -0.506 e. The number of anilines is 1. The molecule has 0 bridgehead atoms. The van der Waals surface area contributed by atoms with E-state index in [1.54, 1.807) is 12.1 Å². The predicted molar refractivity (Wildman–Crippen MR) is 98.5 cm³/mol. The molecule has 0 aliphatic carbocycles. The van der Waals surface area contributed by atoms with Crippen LogP contribution in [0.15, 0.2) is 53.8 Å². The molecule has 6 nitrogen and oxygen atoms in total. The second kappa shape index (κ2) is 8.10. The number of pyridine rings is 2. The summed E-state index contributed by atoms with van der Waals surface area (Å²) in [5, 5.41) is 25.7. The zero-order valence-electron chi connectivity index (χ0n) is 13.8. The molecular weight excluding hydrogens is 316 g/mol. The van der Waals surface area contributed by atoms with E-state index in [-0.39, 0.29) is 11.4 Å². The molecule has 0 spiro atoms. The van der Waals surface area contributed by atoms with Crippen LogP contribution in [0.4, 0.5) is 5.69 Å². The highest BCUT2D eigenvalue weighted by atomic mass is 16.4. The molecule has 0 fully saturated rings. The summed E-state index contributed by atoms with van der Waals surface area (Å²) in [6.45, 7) is 0.858. The largest absolute Gasteiger partial charge is 0.506 e. The molecule has 0 radical (unpaired) electrons. The molecule has 3 N–H and O–H groups in total. The van der Waals surface area contributed by atoms with E-state index < -0.39 is 0 Å². The number of hydrogen-bond donors (Lipinski definition) is 3. The molecule has 0 atom stereocenters. The van der Waals surface area contributed by atoms with Gasteiger partial charge in [0.15, 0.2) is 0 Å². The Morgan fingerprint density at radius 3 is 2.84 bits per heavy atom. The van der Waals surface area contributed by atoms with Crippen molar-refractivity contribution in [3.63, 3.8) is 0 Å². The second-order valence-electron chi connectivity index (χ2n) is 5.71. The van der Waals surface area contributed by atoms with Crippen LogP contribution in [0.5, 0.6) is 5.75 Å². The first kappa shape index (κ1) is 16.7. The fourth-order valence-electron chi connectivity index (χ4n) is 2.70. The average Bonchev–Trinajstić information content (AvgIpc) is 2.64. The van der Waals surface area contributed by atoms with Crippen LogP contribution < -0.4 is 5.32 Å². The van der Waals surface area contributed by atoms with E-state index in [4.69, 9.17) is 5.21 Å². The van der Waals surface area contributed by atoms with Gasteiger partial charge in [0.2, 0.25) is 0 Å². The molecule has 0 unspecified atom stereocenters. The highest BCUT2D eigenvalue weighted by Crippen LogP contribution is 2.21. The third kappa shape index (κ3) is 4.23. The molecule has 0 amide bonds. The van der Waals surface area contributed by atoms with E-state index in [1.165, 1.54) is 0 Å². The molecule has 0 aliphatic heterocycles. The molecule has 2 heterocycles. The number of aromatic hydroxyl groups is 1. The normalized spacial score (nSPS) is 11.2. The van der Waals surface area contributed by atoms with Crippen LogP contribution in [0.25, 0.3) is 10.9 Å². The zero-order valence-corrected chi connectivity index (χ0v) is 13.8. The van der Waals surface area contributed by atoms with Crippen molar-refractivity contribution in [2.75, 3.05) is 11.9 Å². The first-order valence-corrected chi connectivity index (χ1v) is 8.22. The maximum atomic E-state index is 9.61. The lowest BCUT2D eigenvalue weighted by atomic mass is 10.1. The Labute approximate surface area is 145 Å². The summed E-state index contributed by atoms with van der Waals surface area (Å²) in [6, 6.07) is 13.4. The van der Waals surface area contributed by atoms with Gasteiger partial charge in [-0.25, -0.2) is 4.98 Å². The number of aryl methyl sites for hydroxylation is 1. The monoisotopic (exact) mass is 336 g/mol. The number of oxime groups is 1. The van der Waals surface area contributed by atoms with E-state index >= 15 is 0 Å². The highest BCUT2D eigenvalue weighted by Gasteiger charge is 2.04. The minimum absolute atomic E-state index is 0.00721. The molecule has 0 saturated heterocycles. The smallest absolute Gasteiger partial charge is 0.142 e. The molecular formula is C19H20N4O2. The predicted octanol–water partition coefficient (Wildman–Crippen LogP) is 3.58. The van der Waals surface area contributed by atoms with Crippen molar-refractivity contribution in [2.45, 2.75) is 19.3 Å². The summed E-state index contributed by atoms with van der Waals surface area (Å²) >= 11 is 0. The SMILES string of the molecule is ON=Cc1nc(CCCCNc2ccnc3ccccc23)ccc1O. The summed E-state index contributed by atoms with van der Waals surface area (Å²) in [7, 11) is 0. The summed E-state index contributed by atoms with van der Waals surface area (Å²) in [5.41, 5.74) is 3.22. The molecule has 2 aromatic heterocycles. The molecule has 0 aliphatic rings. The highest BCUT2D eigenvalue weighted by molar-refractivity contribution is 5.90. The van der Waals surface area contributed by atoms with Gasteiger partial charge in [0.1, 0.15) is 11.4 Å². The fourth-order valence-corrected chi connectivity index (χ4v) is 2.70. The van der Waals surface area contributed by atoms with E-state index in [9.17, 15) is 5.11 Å². The molecule has 0 saturated carbocycles. The average molecular weight is 336 g/mol. The van der Waals surface area contributed by atoms with Crippen LogP contribution in [0.1, 0.15) is 24.2 Å². The molecule has 1 aromatic carbocycles. The second-order valence-corrected chi connectivity index (χ2v) is 5.71. The molecule has 25 heavy (non-hydrogen) atoms. The van der Waals surface area contributed by atoms with Gasteiger partial charge in [-0.2, -0.15) is 0 Å². The van der Waals surface area contributed by atoms with Crippen molar-refractivity contribution in [1.29, 1.82) is 0 Å². The molecule has 3 aromatic rings. The topological polar surface area (TPSA) is 90.6 Å². The standard InChI is InChI=1S/C19H20N4O2/c24-19-9-8-14(23-18(19)13-22-25)5-3-4-11-20-17-10-12-21-16-7-2-1-6-15(16)17/h1-2,6-10,12-13,24-25H,3-5,11H2,(H,20,21). The van der Waals surface area contributed by atoms with Crippen molar-refractivity contribution in [3.8, 4) is 5.75 Å². The van der Waals surface area contributed by atoms with Gasteiger partial charge in [0.25, 0.3) is 0 Å². The summed E-state index contributed by atoms with van der Waals surface area (Å²) < 4.78 is 0. The Bertz CT molecular complexity index is 875. The van der Waals surface area contributed by atoms with Crippen LogP contribution in [0.2, 0.25) is 0 Å². The van der Waals surface area contributed by atoms with E-state index in [1.807, 2.05) is 30.5 Å². The van der Waals surface area contributed by atoms with Gasteiger partial charge in [-0.1, -0.05) is 23.4 Å². The molecule has 128 valence electrons. The lowest BCUT2D eigenvalue weighted by Gasteiger charge is -2.09. The van der Waals surface area contributed by atoms with Crippen molar-refractivity contribution in [1.82, 2.24) is 9.97 Å².